The monoisotopic (exact) mass is 416 g/mol. The fourth-order valence-electron chi connectivity index (χ4n) is 3.60. The lowest BCUT2D eigenvalue weighted by molar-refractivity contribution is 0.0977. The summed E-state index contributed by atoms with van der Waals surface area (Å²) in [7, 11) is 0. The number of hydrogen-bond acceptors (Lipinski definition) is 5. The Bertz CT molecular complexity index is 1240. The summed E-state index contributed by atoms with van der Waals surface area (Å²) in [4.78, 5) is 21.2. The van der Waals surface area contributed by atoms with E-state index in [9.17, 15) is 9.18 Å². The lowest BCUT2D eigenvalue weighted by Gasteiger charge is -2.06. The van der Waals surface area contributed by atoms with Gasteiger partial charge in [-0.3, -0.25) is 9.36 Å². The summed E-state index contributed by atoms with van der Waals surface area (Å²) < 4.78 is 17.5. The van der Waals surface area contributed by atoms with Crippen LogP contribution in [0.25, 0.3) is 22.9 Å². The number of aryl methyl sites for hydroxylation is 1. The molecule has 31 heavy (non-hydrogen) atoms. The molecule has 8 heteroatoms. The van der Waals surface area contributed by atoms with Gasteiger partial charge >= 0.3 is 0 Å². The Kier molecular flexibility index (Phi) is 4.89. The van der Waals surface area contributed by atoms with Crippen LogP contribution in [0.1, 0.15) is 41.7 Å². The third kappa shape index (κ3) is 3.88. The summed E-state index contributed by atoms with van der Waals surface area (Å²) in [5.41, 5.74) is 2.77. The number of carbonyl (C=O) groups excluding carboxylic acids is 1. The van der Waals surface area contributed by atoms with Gasteiger partial charge in [0.2, 0.25) is 0 Å². The number of rotatable bonds is 7. The third-order valence-electron chi connectivity index (χ3n) is 5.56. The minimum atomic E-state index is -0.392. The van der Waals surface area contributed by atoms with Gasteiger partial charge in [-0.05, 0) is 43.5 Å². The lowest BCUT2D eigenvalue weighted by atomic mass is 10.1. The highest BCUT2D eigenvalue weighted by molar-refractivity contribution is 5.95. The van der Waals surface area contributed by atoms with Gasteiger partial charge in [0.25, 0.3) is 0 Å². The summed E-state index contributed by atoms with van der Waals surface area (Å²) >= 11 is 0. The molecule has 0 aliphatic heterocycles. The summed E-state index contributed by atoms with van der Waals surface area (Å²) in [6, 6.07) is 10.00. The largest absolute Gasteiger partial charge is 0.294 e. The van der Waals surface area contributed by atoms with Crippen LogP contribution in [0, 0.1) is 18.7 Å². The molecule has 0 spiro atoms. The van der Waals surface area contributed by atoms with Crippen molar-refractivity contribution in [3.05, 3.63) is 72.2 Å². The van der Waals surface area contributed by atoms with Gasteiger partial charge in [0.1, 0.15) is 35.0 Å². The van der Waals surface area contributed by atoms with Crippen molar-refractivity contribution in [1.82, 2.24) is 29.5 Å². The highest BCUT2D eigenvalue weighted by Crippen LogP contribution is 2.33. The van der Waals surface area contributed by atoms with Crippen LogP contribution in [0.15, 0.2) is 55.1 Å². The minimum Gasteiger partial charge on any atom is -0.294 e. The number of hydrogen-bond donors (Lipinski definition) is 0. The molecule has 156 valence electrons. The van der Waals surface area contributed by atoms with E-state index in [0.717, 1.165) is 12.3 Å². The van der Waals surface area contributed by atoms with Gasteiger partial charge in [0.05, 0.1) is 5.69 Å². The van der Waals surface area contributed by atoms with E-state index in [1.54, 1.807) is 60.5 Å². The van der Waals surface area contributed by atoms with Gasteiger partial charge in [-0.1, -0.05) is 30.2 Å². The molecule has 0 atom stereocenters. The number of halogens is 1. The fourth-order valence-corrected chi connectivity index (χ4v) is 3.60. The predicted molar refractivity (Wildman–Crippen MR) is 113 cm³/mol. The van der Waals surface area contributed by atoms with Crippen molar-refractivity contribution in [3.8, 4) is 22.9 Å². The average molecular weight is 416 g/mol. The standard InChI is InChI=1S/C23H21FN6O/c1-15-23(30(28-27-15)20-5-3-2-4-18(20)24)19-13-29(14-26-19)22-11-9-17(12-25-22)21(31)10-8-16-6-7-16/h2-5,9,11-14,16H,6-8,10H2,1H3. The van der Waals surface area contributed by atoms with Gasteiger partial charge in [-0.15, -0.1) is 5.10 Å². The van der Waals surface area contributed by atoms with Crippen molar-refractivity contribution < 1.29 is 9.18 Å². The Balaban J connectivity index is 1.40. The Morgan fingerprint density at radius 3 is 2.74 bits per heavy atom. The van der Waals surface area contributed by atoms with Crippen LogP contribution in [-0.2, 0) is 0 Å². The molecule has 0 radical (unpaired) electrons. The van der Waals surface area contributed by atoms with Gasteiger partial charge in [-0.25, -0.2) is 19.0 Å². The number of para-hydroxylation sites is 1. The van der Waals surface area contributed by atoms with E-state index >= 15 is 0 Å². The van der Waals surface area contributed by atoms with E-state index in [4.69, 9.17) is 0 Å². The predicted octanol–water partition coefficient (Wildman–Crippen LogP) is 4.34. The molecule has 1 aromatic carbocycles. The van der Waals surface area contributed by atoms with Crippen molar-refractivity contribution in [2.75, 3.05) is 0 Å². The summed E-state index contributed by atoms with van der Waals surface area (Å²) in [5.74, 6) is 1.11. The Hall–Kier alpha value is -3.68. The SMILES string of the molecule is Cc1nnn(-c2ccccc2F)c1-c1cn(-c2ccc(C(=O)CCC3CC3)cn2)cn1. The van der Waals surface area contributed by atoms with Crippen LogP contribution in [-0.4, -0.2) is 35.3 Å². The second-order valence-electron chi connectivity index (χ2n) is 7.86. The molecule has 1 fully saturated rings. The first-order valence-corrected chi connectivity index (χ1v) is 10.3. The van der Waals surface area contributed by atoms with Crippen LogP contribution in [0.5, 0.6) is 0 Å². The molecular weight excluding hydrogens is 395 g/mol. The third-order valence-corrected chi connectivity index (χ3v) is 5.56. The number of benzene rings is 1. The van der Waals surface area contributed by atoms with Crippen molar-refractivity contribution in [1.29, 1.82) is 0 Å². The zero-order chi connectivity index (χ0) is 21.4. The number of aromatic nitrogens is 6. The molecule has 0 amide bonds. The second kappa shape index (κ2) is 7.86. The first-order valence-electron chi connectivity index (χ1n) is 10.3. The molecule has 1 saturated carbocycles. The molecule has 7 nitrogen and oxygen atoms in total. The summed E-state index contributed by atoms with van der Waals surface area (Å²) in [6.07, 6.45) is 9.07. The van der Waals surface area contributed by atoms with Gasteiger partial charge in [0, 0.05) is 24.4 Å². The molecule has 1 aliphatic carbocycles. The zero-order valence-corrected chi connectivity index (χ0v) is 17.1. The van der Waals surface area contributed by atoms with Crippen molar-refractivity contribution >= 4 is 5.78 Å². The number of nitrogens with zero attached hydrogens (tertiary/aromatic N) is 6. The quantitative estimate of drug-likeness (QED) is 0.419. The molecule has 0 N–H and O–H groups in total. The van der Waals surface area contributed by atoms with Crippen LogP contribution in [0.2, 0.25) is 0 Å². The summed E-state index contributed by atoms with van der Waals surface area (Å²) in [6.45, 7) is 1.80. The van der Waals surface area contributed by atoms with Crippen LogP contribution in [0.3, 0.4) is 0 Å². The number of pyridine rings is 1. The van der Waals surface area contributed by atoms with Crippen molar-refractivity contribution in [2.45, 2.75) is 32.6 Å². The lowest BCUT2D eigenvalue weighted by Crippen LogP contribution is -2.03. The number of carbonyl (C=O) groups is 1. The molecular formula is C23H21FN6O. The van der Waals surface area contributed by atoms with Crippen LogP contribution >= 0.6 is 0 Å². The average Bonchev–Trinajstić information content (AvgIpc) is 3.36. The van der Waals surface area contributed by atoms with E-state index < -0.39 is 5.82 Å². The molecule has 0 unspecified atom stereocenters. The molecule has 4 aromatic rings. The first-order chi connectivity index (χ1) is 15.1. The van der Waals surface area contributed by atoms with E-state index in [1.807, 2.05) is 0 Å². The van der Waals surface area contributed by atoms with Crippen LogP contribution in [0.4, 0.5) is 4.39 Å². The highest BCUT2D eigenvalue weighted by atomic mass is 19.1. The van der Waals surface area contributed by atoms with E-state index in [1.165, 1.54) is 23.6 Å². The molecule has 1 aliphatic rings. The smallest absolute Gasteiger partial charge is 0.164 e. The zero-order valence-electron chi connectivity index (χ0n) is 17.1. The molecule has 3 heterocycles. The maximum Gasteiger partial charge on any atom is 0.164 e. The van der Waals surface area contributed by atoms with Gasteiger partial charge in [0.15, 0.2) is 5.78 Å². The van der Waals surface area contributed by atoms with Gasteiger partial charge in [-0.2, -0.15) is 0 Å². The Labute approximate surface area is 178 Å². The van der Waals surface area contributed by atoms with Crippen molar-refractivity contribution in [3.63, 3.8) is 0 Å². The topological polar surface area (TPSA) is 78.5 Å². The summed E-state index contributed by atoms with van der Waals surface area (Å²) in [5, 5.41) is 8.20. The van der Waals surface area contributed by atoms with Gasteiger partial charge < -0.3 is 0 Å². The maximum absolute atomic E-state index is 14.3. The van der Waals surface area contributed by atoms with Crippen LogP contribution < -0.4 is 0 Å². The highest BCUT2D eigenvalue weighted by Gasteiger charge is 2.22. The molecule has 0 saturated heterocycles. The molecule has 5 rings (SSSR count). The molecule has 3 aromatic heterocycles. The Morgan fingerprint density at radius 1 is 1.16 bits per heavy atom. The number of Topliss-reactive ketones (excluding diaryl/α,β-unsaturated/α-hetero) is 1. The fraction of sp³-hybridized carbons (Fsp3) is 0.261. The number of imidazole rings is 1. The number of ketones is 1. The van der Waals surface area contributed by atoms with E-state index in [2.05, 4.69) is 20.3 Å². The van der Waals surface area contributed by atoms with Crippen molar-refractivity contribution in [2.24, 2.45) is 5.92 Å². The maximum atomic E-state index is 14.3. The second-order valence-corrected chi connectivity index (χ2v) is 7.86. The first kappa shape index (κ1) is 19.3. The minimum absolute atomic E-state index is 0.132. The molecule has 0 bridgehead atoms. The van der Waals surface area contributed by atoms with E-state index in [-0.39, 0.29) is 5.78 Å². The Morgan fingerprint density at radius 2 is 2.00 bits per heavy atom. The normalized spacial score (nSPS) is 13.5. The van der Waals surface area contributed by atoms with E-state index in [0.29, 0.717) is 40.6 Å².